The zero-order chi connectivity index (χ0) is 9.68. The third-order valence-electron chi connectivity index (χ3n) is 1.69. The first-order valence-electron chi connectivity index (χ1n) is 4.35. The van der Waals surface area contributed by atoms with Gasteiger partial charge >= 0.3 is 0 Å². The van der Waals surface area contributed by atoms with Crippen LogP contribution >= 0.6 is 0 Å². The summed E-state index contributed by atoms with van der Waals surface area (Å²) >= 11 is 0. The van der Waals surface area contributed by atoms with Gasteiger partial charge in [0, 0.05) is 19.0 Å². The number of rotatable bonds is 4. The van der Waals surface area contributed by atoms with Gasteiger partial charge in [0.05, 0.1) is 12.8 Å². The summed E-state index contributed by atoms with van der Waals surface area (Å²) in [5.41, 5.74) is 0.964. The predicted molar refractivity (Wildman–Crippen MR) is 50.7 cm³/mol. The molecule has 72 valence electrons. The van der Waals surface area contributed by atoms with E-state index in [4.69, 9.17) is 4.74 Å². The molecule has 0 saturated heterocycles. The van der Waals surface area contributed by atoms with Crippen molar-refractivity contribution in [1.82, 2.24) is 15.3 Å². The van der Waals surface area contributed by atoms with Gasteiger partial charge in [0.15, 0.2) is 0 Å². The molecular weight excluding hydrogens is 166 g/mol. The molecule has 0 aliphatic carbocycles. The molecule has 0 unspecified atom stereocenters. The third kappa shape index (κ3) is 2.66. The SMILES string of the molecule is CCc1nc(CNC)cc(OC)n1. The van der Waals surface area contributed by atoms with Crippen LogP contribution in [0.1, 0.15) is 18.4 Å². The number of methoxy groups -OCH3 is 1. The number of hydrogen-bond donors (Lipinski definition) is 1. The second kappa shape index (κ2) is 4.77. The van der Waals surface area contributed by atoms with Crippen LogP contribution in [0.15, 0.2) is 6.07 Å². The van der Waals surface area contributed by atoms with Crippen molar-refractivity contribution in [2.45, 2.75) is 19.9 Å². The Morgan fingerprint density at radius 1 is 1.46 bits per heavy atom. The molecule has 0 atom stereocenters. The maximum Gasteiger partial charge on any atom is 0.216 e. The molecule has 1 heterocycles. The highest BCUT2D eigenvalue weighted by molar-refractivity contribution is 5.16. The summed E-state index contributed by atoms with van der Waals surface area (Å²) in [4.78, 5) is 8.53. The first-order chi connectivity index (χ1) is 6.30. The van der Waals surface area contributed by atoms with E-state index in [1.54, 1.807) is 7.11 Å². The number of hydrogen-bond acceptors (Lipinski definition) is 4. The summed E-state index contributed by atoms with van der Waals surface area (Å²) in [5, 5.41) is 3.04. The molecule has 0 aliphatic rings. The summed E-state index contributed by atoms with van der Waals surface area (Å²) in [6.07, 6.45) is 0.827. The lowest BCUT2D eigenvalue weighted by atomic mass is 10.3. The number of ether oxygens (including phenoxy) is 1. The zero-order valence-electron chi connectivity index (χ0n) is 8.29. The highest BCUT2D eigenvalue weighted by Crippen LogP contribution is 2.08. The largest absolute Gasteiger partial charge is 0.481 e. The Morgan fingerprint density at radius 2 is 2.23 bits per heavy atom. The van der Waals surface area contributed by atoms with Crippen molar-refractivity contribution >= 4 is 0 Å². The molecule has 0 aliphatic heterocycles. The number of aryl methyl sites for hydroxylation is 1. The van der Waals surface area contributed by atoms with Crippen molar-refractivity contribution in [3.8, 4) is 5.88 Å². The lowest BCUT2D eigenvalue weighted by Gasteiger charge is -2.05. The van der Waals surface area contributed by atoms with Gasteiger partial charge in [0.1, 0.15) is 5.82 Å². The predicted octanol–water partition coefficient (Wildman–Crippen LogP) is 0.767. The molecule has 0 bridgehead atoms. The van der Waals surface area contributed by atoms with Gasteiger partial charge in [-0.2, -0.15) is 4.98 Å². The quantitative estimate of drug-likeness (QED) is 0.745. The molecule has 0 aromatic carbocycles. The highest BCUT2D eigenvalue weighted by Gasteiger charge is 2.02. The summed E-state index contributed by atoms with van der Waals surface area (Å²) in [6, 6.07) is 1.84. The molecule has 13 heavy (non-hydrogen) atoms. The zero-order valence-corrected chi connectivity index (χ0v) is 8.29. The van der Waals surface area contributed by atoms with Crippen LogP contribution in [-0.4, -0.2) is 24.1 Å². The minimum atomic E-state index is 0.636. The van der Waals surface area contributed by atoms with Crippen molar-refractivity contribution in [3.05, 3.63) is 17.6 Å². The maximum atomic E-state index is 5.06. The van der Waals surface area contributed by atoms with Crippen molar-refractivity contribution < 1.29 is 4.74 Å². The van der Waals surface area contributed by atoms with Gasteiger partial charge in [-0.1, -0.05) is 6.92 Å². The van der Waals surface area contributed by atoms with E-state index in [0.29, 0.717) is 5.88 Å². The average Bonchev–Trinajstić information content (AvgIpc) is 2.17. The second-order valence-electron chi connectivity index (χ2n) is 2.70. The average molecular weight is 181 g/mol. The van der Waals surface area contributed by atoms with Crippen LogP contribution in [0.4, 0.5) is 0 Å². The minimum Gasteiger partial charge on any atom is -0.481 e. The molecule has 1 aromatic heterocycles. The topological polar surface area (TPSA) is 47.0 Å². The molecule has 1 rings (SSSR count). The lowest BCUT2D eigenvalue weighted by molar-refractivity contribution is 0.393. The number of nitrogens with zero attached hydrogens (tertiary/aromatic N) is 2. The lowest BCUT2D eigenvalue weighted by Crippen LogP contribution is -2.09. The standard InChI is InChI=1S/C9H15N3O/c1-4-8-11-7(6-10-2)5-9(12-8)13-3/h5,10H,4,6H2,1-3H3. The first-order valence-corrected chi connectivity index (χ1v) is 4.35. The van der Waals surface area contributed by atoms with Gasteiger partial charge in [0.2, 0.25) is 5.88 Å². The van der Waals surface area contributed by atoms with E-state index in [1.165, 1.54) is 0 Å². The molecule has 0 fully saturated rings. The number of nitrogens with one attached hydrogen (secondary N) is 1. The maximum absolute atomic E-state index is 5.06. The van der Waals surface area contributed by atoms with Crippen LogP contribution in [0, 0.1) is 0 Å². The molecule has 4 nitrogen and oxygen atoms in total. The van der Waals surface area contributed by atoms with Gasteiger partial charge in [-0.05, 0) is 7.05 Å². The van der Waals surface area contributed by atoms with E-state index in [9.17, 15) is 0 Å². The summed E-state index contributed by atoms with van der Waals surface area (Å²) < 4.78 is 5.06. The Labute approximate surface area is 78.4 Å². The third-order valence-corrected chi connectivity index (χ3v) is 1.69. The fraction of sp³-hybridized carbons (Fsp3) is 0.556. The van der Waals surface area contributed by atoms with E-state index >= 15 is 0 Å². The van der Waals surface area contributed by atoms with E-state index in [-0.39, 0.29) is 0 Å². The van der Waals surface area contributed by atoms with Crippen LogP contribution in [0.5, 0.6) is 5.88 Å². The Bertz CT molecular complexity index is 253. The Morgan fingerprint density at radius 3 is 2.77 bits per heavy atom. The molecular formula is C9H15N3O. The summed E-state index contributed by atoms with van der Waals surface area (Å²) in [6.45, 7) is 2.77. The minimum absolute atomic E-state index is 0.636. The molecule has 0 spiro atoms. The fourth-order valence-electron chi connectivity index (χ4n) is 1.06. The molecule has 1 N–H and O–H groups in total. The molecule has 4 heteroatoms. The summed E-state index contributed by atoms with van der Waals surface area (Å²) in [7, 11) is 3.51. The molecule has 0 amide bonds. The van der Waals surface area contributed by atoms with E-state index in [2.05, 4.69) is 15.3 Å². The Hall–Kier alpha value is -1.16. The number of aromatic nitrogens is 2. The smallest absolute Gasteiger partial charge is 0.216 e. The summed E-state index contributed by atoms with van der Waals surface area (Å²) in [5.74, 6) is 1.46. The van der Waals surface area contributed by atoms with Gasteiger partial charge < -0.3 is 10.1 Å². The van der Waals surface area contributed by atoms with Crippen molar-refractivity contribution in [3.63, 3.8) is 0 Å². The van der Waals surface area contributed by atoms with Gasteiger partial charge in [-0.15, -0.1) is 0 Å². The Balaban J connectivity index is 2.93. The second-order valence-corrected chi connectivity index (χ2v) is 2.70. The van der Waals surface area contributed by atoms with Crippen molar-refractivity contribution in [2.24, 2.45) is 0 Å². The van der Waals surface area contributed by atoms with Gasteiger partial charge in [-0.25, -0.2) is 4.98 Å². The fourth-order valence-corrected chi connectivity index (χ4v) is 1.06. The van der Waals surface area contributed by atoms with Crippen LogP contribution in [0.3, 0.4) is 0 Å². The van der Waals surface area contributed by atoms with Gasteiger partial charge in [0.25, 0.3) is 0 Å². The van der Waals surface area contributed by atoms with E-state index < -0.39 is 0 Å². The molecule has 0 saturated carbocycles. The Kier molecular flexibility index (Phi) is 3.64. The monoisotopic (exact) mass is 181 g/mol. The van der Waals surface area contributed by atoms with E-state index in [1.807, 2.05) is 20.0 Å². The van der Waals surface area contributed by atoms with Crippen LogP contribution in [-0.2, 0) is 13.0 Å². The van der Waals surface area contributed by atoms with Crippen LogP contribution in [0.2, 0.25) is 0 Å². The first kappa shape index (κ1) is 9.92. The molecule has 0 radical (unpaired) electrons. The van der Waals surface area contributed by atoms with E-state index in [0.717, 1.165) is 24.5 Å². The van der Waals surface area contributed by atoms with Crippen LogP contribution in [0.25, 0.3) is 0 Å². The molecule has 1 aromatic rings. The van der Waals surface area contributed by atoms with Crippen LogP contribution < -0.4 is 10.1 Å². The van der Waals surface area contributed by atoms with Crippen molar-refractivity contribution in [2.75, 3.05) is 14.2 Å². The highest BCUT2D eigenvalue weighted by atomic mass is 16.5. The normalized spacial score (nSPS) is 10.1. The van der Waals surface area contributed by atoms with Crippen molar-refractivity contribution in [1.29, 1.82) is 0 Å². The van der Waals surface area contributed by atoms with Gasteiger partial charge in [-0.3, -0.25) is 0 Å².